The van der Waals surface area contributed by atoms with E-state index in [1.54, 1.807) is 37.3 Å². The number of benzene rings is 2. The maximum Gasteiger partial charge on any atom is 0.292 e. The molecule has 3 aromatic rings. The minimum Gasteiger partial charge on any atom is -0.494 e. The van der Waals surface area contributed by atoms with Gasteiger partial charge in [0.05, 0.1) is 18.2 Å². The molecule has 1 aromatic heterocycles. The number of rotatable bonds is 7. The predicted octanol–water partition coefficient (Wildman–Crippen LogP) is 3.74. The Kier molecular flexibility index (Phi) is 6.79. The average Bonchev–Trinajstić information content (AvgIpc) is 2.76. The van der Waals surface area contributed by atoms with Crippen LogP contribution in [0, 0.1) is 11.7 Å². The molecule has 8 heteroatoms. The van der Waals surface area contributed by atoms with E-state index in [4.69, 9.17) is 4.74 Å². The Labute approximate surface area is 179 Å². The van der Waals surface area contributed by atoms with Crippen molar-refractivity contribution in [1.82, 2.24) is 15.2 Å². The molecule has 0 unspecified atom stereocenters. The van der Waals surface area contributed by atoms with Crippen molar-refractivity contribution in [2.75, 3.05) is 7.11 Å². The Balaban J connectivity index is 1.92. The molecule has 0 aliphatic rings. The molecule has 1 N–H and O–H groups in total. The summed E-state index contributed by atoms with van der Waals surface area (Å²) >= 11 is 0. The van der Waals surface area contributed by atoms with Crippen molar-refractivity contribution in [3.63, 3.8) is 0 Å². The summed E-state index contributed by atoms with van der Waals surface area (Å²) in [7, 11) is 1.39. The van der Waals surface area contributed by atoms with Gasteiger partial charge in [0.1, 0.15) is 0 Å². The zero-order chi connectivity index (χ0) is 22.5. The molecule has 3 rings (SSSR count). The van der Waals surface area contributed by atoms with Crippen LogP contribution in [0.15, 0.2) is 52.4 Å². The van der Waals surface area contributed by atoms with E-state index in [0.29, 0.717) is 34.5 Å². The highest BCUT2D eigenvalue weighted by Crippen LogP contribution is 2.18. The zero-order valence-corrected chi connectivity index (χ0v) is 18.0. The molecule has 0 atom stereocenters. The number of amides is 1. The third kappa shape index (κ3) is 4.96. The number of nitrogens with one attached hydrogen (secondary N) is 1. The van der Waals surface area contributed by atoms with Crippen molar-refractivity contribution in [1.29, 1.82) is 0 Å². The van der Waals surface area contributed by atoms with Crippen molar-refractivity contribution in [3.8, 4) is 5.75 Å². The van der Waals surface area contributed by atoms with Crippen LogP contribution in [0.1, 0.15) is 43.2 Å². The molecular weight excluding hydrogens is 399 g/mol. The van der Waals surface area contributed by atoms with Gasteiger partial charge in [-0.05, 0) is 43.5 Å². The molecule has 1 amide bonds. The molecule has 31 heavy (non-hydrogen) atoms. The van der Waals surface area contributed by atoms with E-state index in [9.17, 15) is 14.0 Å². The van der Waals surface area contributed by atoms with Gasteiger partial charge in [0.2, 0.25) is 0 Å². The number of carbonyl (C=O) groups excluding carboxylic acids is 1. The molecule has 2 aromatic carbocycles. The molecule has 1 heterocycles. The van der Waals surface area contributed by atoms with E-state index >= 15 is 0 Å². The summed E-state index contributed by atoms with van der Waals surface area (Å²) in [5.41, 5.74) is 3.25. The molecule has 0 aliphatic carbocycles. The summed E-state index contributed by atoms with van der Waals surface area (Å²) in [5, 5.41) is 9.26. The number of carbonyl (C=O) groups is 1. The molecular formula is C23H25FN4O3. The first-order chi connectivity index (χ1) is 14.8. The first-order valence-corrected chi connectivity index (χ1v) is 10.00. The number of nitrogens with zero attached hydrogens (tertiary/aromatic N) is 3. The highest BCUT2D eigenvalue weighted by atomic mass is 19.1. The Hall–Kier alpha value is -3.55. The fourth-order valence-corrected chi connectivity index (χ4v) is 3.08. The number of methoxy groups -OCH3 is 1. The Morgan fingerprint density at radius 1 is 1.23 bits per heavy atom. The largest absolute Gasteiger partial charge is 0.494 e. The van der Waals surface area contributed by atoms with E-state index in [1.165, 1.54) is 23.9 Å². The van der Waals surface area contributed by atoms with Gasteiger partial charge in [0, 0.05) is 17.5 Å². The van der Waals surface area contributed by atoms with Crippen molar-refractivity contribution in [3.05, 3.63) is 69.9 Å². The number of ether oxygens (including phenoxy) is 1. The number of hydrogen-bond acceptors (Lipinski definition) is 5. The first-order valence-electron chi connectivity index (χ1n) is 10.00. The first kappa shape index (κ1) is 22.1. The van der Waals surface area contributed by atoms with Crippen LogP contribution in [0.4, 0.5) is 4.39 Å². The number of hydrazone groups is 1. The van der Waals surface area contributed by atoms with Gasteiger partial charge in [-0.15, -0.1) is 0 Å². The number of hydrogen-bond donors (Lipinski definition) is 1. The van der Waals surface area contributed by atoms with E-state index in [0.717, 1.165) is 6.42 Å². The van der Waals surface area contributed by atoms with Crippen LogP contribution in [0.25, 0.3) is 10.8 Å². The highest BCUT2D eigenvalue weighted by Gasteiger charge is 2.17. The minimum atomic E-state index is -0.553. The molecule has 0 bridgehead atoms. The summed E-state index contributed by atoms with van der Waals surface area (Å²) in [6, 6.07) is 11.3. The third-order valence-electron chi connectivity index (χ3n) is 4.90. The van der Waals surface area contributed by atoms with Gasteiger partial charge in [-0.2, -0.15) is 10.2 Å². The summed E-state index contributed by atoms with van der Waals surface area (Å²) < 4.78 is 20.2. The number of aryl methyl sites for hydroxylation is 1. The summed E-state index contributed by atoms with van der Waals surface area (Å²) in [6.45, 7) is 6.17. The maximum atomic E-state index is 14.0. The second-order valence-electron chi connectivity index (χ2n) is 7.59. The molecule has 0 spiro atoms. The Morgan fingerprint density at radius 2 is 1.94 bits per heavy atom. The van der Waals surface area contributed by atoms with Crippen LogP contribution in [-0.4, -0.2) is 28.5 Å². The molecule has 0 fully saturated rings. The smallest absolute Gasteiger partial charge is 0.292 e. The van der Waals surface area contributed by atoms with Crippen LogP contribution in [0.2, 0.25) is 0 Å². The topological polar surface area (TPSA) is 85.6 Å². The van der Waals surface area contributed by atoms with Crippen LogP contribution in [0.5, 0.6) is 5.75 Å². The van der Waals surface area contributed by atoms with Gasteiger partial charge in [-0.3, -0.25) is 9.59 Å². The fraction of sp³-hybridized carbons (Fsp3) is 0.304. The Morgan fingerprint density at radius 3 is 2.58 bits per heavy atom. The van der Waals surface area contributed by atoms with Crippen LogP contribution in [0.3, 0.4) is 0 Å². The van der Waals surface area contributed by atoms with Crippen molar-refractivity contribution < 1.29 is 13.9 Å². The molecule has 0 radical (unpaired) electrons. The van der Waals surface area contributed by atoms with E-state index in [-0.39, 0.29) is 17.0 Å². The van der Waals surface area contributed by atoms with Crippen molar-refractivity contribution >= 4 is 22.4 Å². The van der Waals surface area contributed by atoms with Gasteiger partial charge in [-0.25, -0.2) is 14.5 Å². The Bertz CT molecular complexity index is 1200. The van der Waals surface area contributed by atoms with Gasteiger partial charge in [0.15, 0.2) is 17.3 Å². The second kappa shape index (κ2) is 9.51. The standard InChI is InChI=1S/C23H25FN4O3/c1-14(2)11-12-28-23(30)18-8-6-5-7-17(18)21(27-28)22(29)26-25-15(3)16-9-10-20(31-4)19(24)13-16/h5-10,13-14H,11-12H2,1-4H3,(H,26,29)/b25-15-. The van der Waals surface area contributed by atoms with Gasteiger partial charge >= 0.3 is 0 Å². The fourth-order valence-electron chi connectivity index (χ4n) is 3.08. The lowest BCUT2D eigenvalue weighted by Crippen LogP contribution is -2.29. The molecule has 7 nitrogen and oxygen atoms in total. The lowest BCUT2D eigenvalue weighted by molar-refractivity contribution is 0.0949. The quantitative estimate of drug-likeness (QED) is 0.462. The normalized spacial score (nSPS) is 11.7. The third-order valence-corrected chi connectivity index (χ3v) is 4.90. The number of fused-ring (bicyclic) bond motifs is 1. The van der Waals surface area contributed by atoms with Crippen LogP contribution < -0.4 is 15.7 Å². The van der Waals surface area contributed by atoms with Gasteiger partial charge in [-0.1, -0.05) is 32.0 Å². The van der Waals surface area contributed by atoms with Crippen LogP contribution in [-0.2, 0) is 6.54 Å². The van der Waals surface area contributed by atoms with Gasteiger partial charge < -0.3 is 4.74 Å². The van der Waals surface area contributed by atoms with E-state index in [1.807, 2.05) is 0 Å². The maximum absolute atomic E-state index is 14.0. The van der Waals surface area contributed by atoms with Crippen molar-refractivity contribution in [2.24, 2.45) is 11.0 Å². The van der Waals surface area contributed by atoms with Crippen LogP contribution >= 0.6 is 0 Å². The van der Waals surface area contributed by atoms with E-state index in [2.05, 4.69) is 29.5 Å². The molecule has 162 valence electrons. The lowest BCUT2D eigenvalue weighted by Gasteiger charge is -2.11. The van der Waals surface area contributed by atoms with Gasteiger partial charge in [0.25, 0.3) is 11.5 Å². The zero-order valence-electron chi connectivity index (χ0n) is 18.0. The average molecular weight is 424 g/mol. The molecule has 0 aliphatic heterocycles. The van der Waals surface area contributed by atoms with E-state index < -0.39 is 11.7 Å². The van der Waals surface area contributed by atoms with Crippen molar-refractivity contribution in [2.45, 2.75) is 33.7 Å². The number of halogens is 1. The minimum absolute atomic E-state index is 0.108. The predicted molar refractivity (Wildman–Crippen MR) is 118 cm³/mol. The highest BCUT2D eigenvalue weighted by molar-refractivity contribution is 6.06. The summed E-state index contributed by atoms with van der Waals surface area (Å²) in [6.07, 6.45) is 0.757. The summed E-state index contributed by atoms with van der Waals surface area (Å²) in [4.78, 5) is 25.6. The number of aromatic nitrogens is 2. The summed E-state index contributed by atoms with van der Waals surface area (Å²) in [5.74, 6) is -0.567. The molecule has 0 saturated heterocycles. The SMILES string of the molecule is COc1ccc(/C(C)=N\NC(=O)c2nn(CCC(C)C)c(=O)c3ccccc23)cc1F. The lowest BCUT2D eigenvalue weighted by atomic mass is 10.1. The molecule has 0 saturated carbocycles. The monoisotopic (exact) mass is 424 g/mol. The second-order valence-corrected chi connectivity index (χ2v) is 7.59.